The molecule has 0 unspecified atom stereocenters. The van der Waals surface area contributed by atoms with Gasteiger partial charge in [0.1, 0.15) is 0 Å². The van der Waals surface area contributed by atoms with Gasteiger partial charge in [-0.25, -0.2) is 0 Å². The number of allylic oxidation sites excluding steroid dienone is 8. The van der Waals surface area contributed by atoms with Crippen LogP contribution in [0.2, 0.25) is 0 Å². The van der Waals surface area contributed by atoms with Gasteiger partial charge in [-0.05, 0) is 654 Å². The molecule has 0 spiro atoms. The fraction of sp³-hybridized carbons (Fsp3) is 0.892. The summed E-state index contributed by atoms with van der Waals surface area (Å²) in [7, 11) is 0. The molecule has 0 aromatic rings. The second-order valence-electron chi connectivity index (χ2n) is 49.5. The van der Waals surface area contributed by atoms with E-state index in [1.54, 1.807) is 308 Å². The van der Waals surface area contributed by atoms with Crippen molar-refractivity contribution in [3.63, 3.8) is 0 Å². The molecule has 0 aromatic carbocycles. The minimum atomic E-state index is 0. The van der Waals surface area contributed by atoms with E-state index in [4.69, 9.17) is 0 Å². The predicted molar refractivity (Wildman–Crippen MR) is 687 cm³/mol. The lowest BCUT2D eigenvalue weighted by molar-refractivity contribution is -0.202. The third-order valence-electron chi connectivity index (χ3n) is 42.6. The van der Waals surface area contributed by atoms with E-state index in [0.29, 0.717) is 0 Å². The lowest BCUT2D eigenvalue weighted by Crippen LogP contribution is -2.62. The van der Waals surface area contributed by atoms with E-state index >= 15 is 0 Å². The Kier molecular flexibility index (Phi) is 83.4. The van der Waals surface area contributed by atoms with Crippen molar-refractivity contribution < 1.29 is 0 Å². The summed E-state index contributed by atoms with van der Waals surface area (Å²) < 4.78 is 0. The van der Waals surface area contributed by atoms with E-state index in [2.05, 4.69) is 47.4 Å². The van der Waals surface area contributed by atoms with Gasteiger partial charge < -0.3 is 0 Å². The normalized spacial score (nSPS) is 41.0. The minimum Gasteiger partial charge on any atom is -0.107 e. The van der Waals surface area contributed by atoms with Gasteiger partial charge in [0.15, 0.2) is 0 Å². The van der Waals surface area contributed by atoms with E-state index in [-0.39, 0.29) is 89.1 Å². The highest BCUT2D eigenvalue weighted by Crippen LogP contribution is 2.79. The fourth-order valence-electron chi connectivity index (χ4n) is 40.8. The molecule has 38 rings (SSSR count). The Labute approximate surface area is 943 Å². The van der Waals surface area contributed by atoms with E-state index in [1.807, 2.05) is 270 Å². The van der Waals surface area contributed by atoms with Gasteiger partial charge in [-0.15, -0.1) is 47.4 Å². The van der Waals surface area contributed by atoms with Crippen molar-refractivity contribution in [2.24, 2.45) is 235 Å². The van der Waals surface area contributed by atoms with E-state index in [9.17, 15) is 0 Å². The summed E-state index contributed by atoms with van der Waals surface area (Å²) in [6.45, 7) is 62.6. The monoisotopic (exact) mass is 2060 g/mol. The molecule has 0 nitrogen and oxygen atoms in total. The smallest absolute Gasteiger partial charge is 0.00271 e. The summed E-state index contributed by atoms with van der Waals surface area (Å²) >= 11 is 0. The van der Waals surface area contributed by atoms with Crippen LogP contribution in [0.15, 0.2) is 48.6 Å². The zero-order chi connectivity index (χ0) is 100. The van der Waals surface area contributed by atoms with Crippen LogP contribution >= 0.6 is 0 Å². The maximum Gasteiger partial charge on any atom is -0.00271 e. The van der Waals surface area contributed by atoms with Crippen LogP contribution in [0.25, 0.3) is 0 Å². The SMILES string of the molecule is C.C.C.C.C.C.C.C.C.C.C.C.C1C2CC3C4CC5CC(C14)C(C2)C3C5.C1C2CC3C4CC5CC(C14)C(C2)C3C5.C1C2CC3CC1CC(C14CC5CC(CC(C5)C1)C4)(C2)C3.C1C2CC3CC1CC(C14CC5CC(CC(C5)C1)C4)(C2)C3.C1C2CC3CC1CC(C2)C3.C1C2CC3CC1CC(C2)C3.CC.CC.CC.CC.CC.CC.CC.CC.CC#CC.CC#CC.CC#CC.CC#CC.CC=CC.CC=CC.CC=CC.CC=CC. The largest absolute Gasteiger partial charge is 0.107 e. The second kappa shape index (κ2) is 79.2. The second-order valence-corrected chi connectivity index (χ2v) is 49.5. The topological polar surface area (TPSA) is 0 Å². The van der Waals surface area contributed by atoms with E-state index in [1.165, 1.54) is 142 Å². The van der Waals surface area contributed by atoms with Crippen LogP contribution in [0, 0.1) is 282 Å². The molecule has 38 fully saturated rings. The highest BCUT2D eigenvalue weighted by molar-refractivity contribution is 5.19. The zero-order valence-electron chi connectivity index (χ0n) is 97.3. The molecule has 0 heterocycles. The highest BCUT2D eigenvalue weighted by Gasteiger charge is 2.69. The molecular formula is C148H284. The molecule has 38 saturated carbocycles. The number of hydrogen-bond donors (Lipinski definition) is 0. The van der Waals surface area contributed by atoms with Gasteiger partial charge in [-0.3, -0.25) is 0 Å². The summed E-state index contributed by atoms with van der Waals surface area (Å²) in [5.74, 6) is 64.3. The first-order valence-corrected chi connectivity index (χ1v) is 62.0. The predicted octanol–water partition coefficient (Wildman–Crippen LogP) is 49.4. The quantitative estimate of drug-likeness (QED) is 0.191. The van der Waals surface area contributed by atoms with Gasteiger partial charge in [0.2, 0.25) is 0 Å². The average molecular weight is 2060 g/mol. The Hall–Kier alpha value is -2.80. The standard InChI is InChI=1S/2C20H30.2C14H20.2C10H16.4C4H8.4C4H6.8C2H6.12CH4/c2*1-13-2-15-3-14(1)8-19(7-13,9-15)20-10-16-4-17(11-20)6-18(5-16)12-20;2*1-7-2-12-10-4-8-5-11(9(1)10)13(3-7)14(12)6-8;2*1-7-2-9-4-8(1)5-10(3-7)6-9;8*1-3-4-2;8*1-2;;;;;;;;;;;;/h2*13-18H,1-12H2;2*7-14H,1-6H2;2*7-10H,1-6H2;4*3-4H,1-2H3;4*1-2H3;8*1-2H3;12*1H4. The summed E-state index contributed by atoms with van der Waals surface area (Å²) in [5, 5.41) is 0. The molecule has 0 heteroatoms. The van der Waals surface area contributed by atoms with Crippen LogP contribution in [0.4, 0.5) is 0 Å². The molecule has 0 aliphatic heterocycles. The van der Waals surface area contributed by atoms with Gasteiger partial charge in [-0.2, -0.15) is 0 Å². The third-order valence-corrected chi connectivity index (χ3v) is 42.6. The van der Waals surface area contributed by atoms with Crippen LogP contribution < -0.4 is 0 Å². The molecule has 148 heavy (non-hydrogen) atoms. The molecule has 0 radical (unpaired) electrons. The van der Waals surface area contributed by atoms with Gasteiger partial charge >= 0.3 is 0 Å². The lowest BCUT2D eigenvalue weighted by atomic mass is 9.35. The van der Waals surface area contributed by atoms with Crippen molar-refractivity contribution >= 4 is 0 Å². The molecule has 0 aromatic heterocycles. The van der Waals surface area contributed by atoms with Crippen LogP contribution in [0.1, 0.15) is 619 Å². The Morgan fingerprint density at radius 3 is 0.236 bits per heavy atom. The first-order chi connectivity index (χ1) is 66.3. The van der Waals surface area contributed by atoms with Crippen LogP contribution in [-0.2, 0) is 0 Å². The fourth-order valence-corrected chi connectivity index (χ4v) is 40.8. The lowest BCUT2D eigenvalue weighted by Gasteiger charge is -2.70. The van der Waals surface area contributed by atoms with Crippen LogP contribution in [0.3, 0.4) is 0 Å². The Morgan fingerprint density at radius 1 is 0.115 bits per heavy atom. The molecule has 40 bridgehead atoms. The van der Waals surface area contributed by atoms with Crippen molar-refractivity contribution in [3.8, 4) is 47.4 Å². The maximum atomic E-state index is 2.68. The molecule has 876 valence electrons. The summed E-state index contributed by atoms with van der Waals surface area (Å²) in [6, 6.07) is 0. The summed E-state index contributed by atoms with van der Waals surface area (Å²) in [4.78, 5) is 0. The maximum absolute atomic E-state index is 2.68. The van der Waals surface area contributed by atoms with Gasteiger partial charge in [0, 0.05) is 0 Å². The molecular weight excluding hydrogens is 1780 g/mol. The molecule has 38 aliphatic carbocycles. The van der Waals surface area contributed by atoms with Gasteiger partial charge in [-0.1, -0.05) is 249 Å². The minimum absolute atomic E-state index is 0. The van der Waals surface area contributed by atoms with Crippen LogP contribution in [0.5, 0.6) is 0 Å². The van der Waals surface area contributed by atoms with Gasteiger partial charge in [0.25, 0.3) is 0 Å². The van der Waals surface area contributed by atoms with Crippen molar-refractivity contribution in [1.82, 2.24) is 0 Å². The summed E-state index contributed by atoms with van der Waals surface area (Å²) in [6.07, 6.45) is 94.7. The number of hydrogen-bond acceptors (Lipinski definition) is 0. The Balaban J connectivity index is -0.000000374. The summed E-state index contributed by atoms with van der Waals surface area (Å²) in [5.41, 5.74) is 3.44. The van der Waals surface area contributed by atoms with Crippen molar-refractivity contribution in [2.45, 2.75) is 619 Å². The van der Waals surface area contributed by atoms with Gasteiger partial charge in [0.05, 0.1) is 0 Å². The Morgan fingerprint density at radius 2 is 0.176 bits per heavy atom. The van der Waals surface area contributed by atoms with Crippen molar-refractivity contribution in [1.29, 1.82) is 0 Å². The molecule has 0 saturated heterocycles. The highest BCUT2D eigenvalue weighted by atomic mass is 14.7. The van der Waals surface area contributed by atoms with Crippen molar-refractivity contribution in [3.05, 3.63) is 48.6 Å². The average Bonchev–Trinajstić information content (AvgIpc) is 0.709. The Bertz CT molecular complexity index is 2780. The zero-order valence-corrected chi connectivity index (χ0v) is 97.3. The molecule has 0 amide bonds. The molecule has 0 N–H and O–H groups in total. The van der Waals surface area contributed by atoms with Crippen LogP contribution in [-0.4, -0.2) is 0 Å². The molecule has 0 atom stereocenters. The third kappa shape index (κ3) is 38.2. The van der Waals surface area contributed by atoms with E-state index in [0.717, 1.165) is 92.7 Å². The molecule has 38 aliphatic rings. The number of rotatable bonds is 2. The first kappa shape index (κ1) is 156. The van der Waals surface area contributed by atoms with E-state index < -0.39 is 0 Å². The first-order valence-electron chi connectivity index (χ1n) is 62.0. The van der Waals surface area contributed by atoms with Crippen molar-refractivity contribution in [2.75, 3.05) is 0 Å².